The minimum Gasteiger partial charge on any atom is -0.458 e. The van der Waals surface area contributed by atoms with Gasteiger partial charge in [-0.25, -0.2) is 4.79 Å². The van der Waals surface area contributed by atoms with Crippen LogP contribution in [0.3, 0.4) is 0 Å². The molecule has 2 rings (SSSR count). The molecule has 0 bridgehead atoms. The summed E-state index contributed by atoms with van der Waals surface area (Å²) in [4.78, 5) is 23.1. The van der Waals surface area contributed by atoms with Crippen molar-refractivity contribution in [3.63, 3.8) is 0 Å². The van der Waals surface area contributed by atoms with Crippen molar-refractivity contribution in [1.29, 1.82) is 0 Å². The fourth-order valence-corrected chi connectivity index (χ4v) is 2.99. The Balaban J connectivity index is 2.40. The van der Waals surface area contributed by atoms with E-state index in [2.05, 4.69) is 13.2 Å². The van der Waals surface area contributed by atoms with E-state index in [-0.39, 0.29) is 18.4 Å². The van der Waals surface area contributed by atoms with E-state index in [4.69, 9.17) is 9.47 Å². The van der Waals surface area contributed by atoms with E-state index in [1.807, 2.05) is 0 Å². The molecule has 6 heteroatoms. The molecule has 1 saturated heterocycles. The normalized spacial score (nSPS) is 37.5. The molecule has 1 heterocycles. The molecular weight excluding hydrogens is 300 g/mol. The summed E-state index contributed by atoms with van der Waals surface area (Å²) < 4.78 is 10.5. The van der Waals surface area contributed by atoms with Gasteiger partial charge in [-0.1, -0.05) is 13.2 Å². The standard InChI is InChI=1S/C17H22O6/c1-8-5-13(20)16-10(3)17(21)23-15(16)6-9(2)14(7-12(8)19)22-11(4)18/h6,12-16,19-20H,1,3,5,7H2,2,4H3/b9-6-/t12-,13-,14+,15-,16-/m0/s1. The molecule has 0 aromatic carbocycles. The lowest BCUT2D eigenvalue weighted by Crippen LogP contribution is -2.34. The predicted octanol–water partition coefficient (Wildman–Crippen LogP) is 1.03. The van der Waals surface area contributed by atoms with Crippen molar-refractivity contribution < 1.29 is 29.3 Å². The first-order chi connectivity index (χ1) is 10.7. The van der Waals surface area contributed by atoms with Crippen LogP contribution in [0, 0.1) is 5.92 Å². The third kappa shape index (κ3) is 3.71. The third-order valence-electron chi connectivity index (χ3n) is 4.30. The van der Waals surface area contributed by atoms with Gasteiger partial charge >= 0.3 is 11.9 Å². The first kappa shape index (κ1) is 17.4. The molecule has 0 spiro atoms. The topological polar surface area (TPSA) is 93.1 Å². The number of rotatable bonds is 1. The van der Waals surface area contributed by atoms with Gasteiger partial charge in [0.05, 0.1) is 18.1 Å². The third-order valence-corrected chi connectivity index (χ3v) is 4.30. The lowest BCUT2D eigenvalue weighted by atomic mass is 9.83. The van der Waals surface area contributed by atoms with Crippen LogP contribution in [0.25, 0.3) is 0 Å². The smallest absolute Gasteiger partial charge is 0.334 e. The molecular formula is C17H22O6. The highest BCUT2D eigenvalue weighted by molar-refractivity contribution is 5.91. The van der Waals surface area contributed by atoms with Gasteiger partial charge in [-0.05, 0) is 30.6 Å². The van der Waals surface area contributed by atoms with E-state index in [0.29, 0.717) is 11.1 Å². The number of hydrogen-bond acceptors (Lipinski definition) is 6. The summed E-state index contributed by atoms with van der Waals surface area (Å²) in [5.41, 5.74) is 1.24. The van der Waals surface area contributed by atoms with Gasteiger partial charge < -0.3 is 19.7 Å². The van der Waals surface area contributed by atoms with Gasteiger partial charge in [-0.2, -0.15) is 0 Å². The zero-order chi connectivity index (χ0) is 17.3. The number of carbonyl (C=O) groups excluding carboxylic acids is 2. The van der Waals surface area contributed by atoms with Crippen LogP contribution in [0.2, 0.25) is 0 Å². The number of hydrogen-bond donors (Lipinski definition) is 2. The lowest BCUT2D eigenvalue weighted by molar-refractivity contribution is -0.146. The Bertz CT molecular complexity index is 576. The fraction of sp³-hybridized carbons (Fsp3) is 0.529. The Hall–Kier alpha value is -1.92. The molecule has 0 aromatic rings. The van der Waals surface area contributed by atoms with Crippen LogP contribution in [-0.2, 0) is 19.1 Å². The summed E-state index contributed by atoms with van der Waals surface area (Å²) in [6.45, 7) is 10.5. The second kappa shape index (κ2) is 6.68. The van der Waals surface area contributed by atoms with Crippen LogP contribution < -0.4 is 0 Å². The van der Waals surface area contributed by atoms with E-state index < -0.39 is 42.3 Å². The molecule has 6 nitrogen and oxygen atoms in total. The molecule has 1 aliphatic heterocycles. The zero-order valence-corrected chi connectivity index (χ0v) is 13.3. The zero-order valence-electron chi connectivity index (χ0n) is 13.3. The van der Waals surface area contributed by atoms with E-state index >= 15 is 0 Å². The van der Waals surface area contributed by atoms with Crippen molar-refractivity contribution in [3.05, 3.63) is 36.0 Å². The maximum atomic E-state index is 11.8. The number of aliphatic hydroxyl groups is 2. The number of ether oxygens (including phenoxy) is 2. The Morgan fingerprint density at radius 1 is 1.39 bits per heavy atom. The molecule has 1 fully saturated rings. The van der Waals surface area contributed by atoms with Gasteiger partial charge in [0, 0.05) is 18.9 Å². The Morgan fingerprint density at radius 2 is 2.04 bits per heavy atom. The molecule has 23 heavy (non-hydrogen) atoms. The highest BCUT2D eigenvalue weighted by Gasteiger charge is 2.43. The molecule has 2 N–H and O–H groups in total. The van der Waals surface area contributed by atoms with Crippen molar-refractivity contribution in [2.75, 3.05) is 0 Å². The van der Waals surface area contributed by atoms with Crippen LogP contribution >= 0.6 is 0 Å². The van der Waals surface area contributed by atoms with Crippen molar-refractivity contribution in [2.45, 2.75) is 51.1 Å². The van der Waals surface area contributed by atoms with Gasteiger partial charge in [0.25, 0.3) is 0 Å². The number of fused-ring (bicyclic) bond motifs is 1. The van der Waals surface area contributed by atoms with Crippen LogP contribution in [-0.4, -0.2) is 46.6 Å². The molecule has 1 aliphatic carbocycles. The van der Waals surface area contributed by atoms with E-state index in [1.54, 1.807) is 13.0 Å². The van der Waals surface area contributed by atoms with Gasteiger partial charge in [0.1, 0.15) is 12.2 Å². The Labute approximate surface area is 135 Å². The highest BCUT2D eigenvalue weighted by Crippen LogP contribution is 2.35. The summed E-state index contributed by atoms with van der Waals surface area (Å²) in [6, 6.07) is 0. The van der Waals surface area contributed by atoms with E-state index in [1.165, 1.54) is 6.92 Å². The second-order valence-electron chi connectivity index (χ2n) is 6.11. The summed E-state index contributed by atoms with van der Waals surface area (Å²) in [5.74, 6) is -1.64. The largest absolute Gasteiger partial charge is 0.458 e. The Kier molecular flexibility index (Phi) is 5.06. The lowest BCUT2D eigenvalue weighted by Gasteiger charge is -2.28. The first-order valence-corrected chi connectivity index (χ1v) is 7.49. The van der Waals surface area contributed by atoms with E-state index in [9.17, 15) is 19.8 Å². The number of esters is 2. The molecule has 5 atom stereocenters. The average molecular weight is 322 g/mol. The molecule has 0 unspecified atom stereocenters. The summed E-state index contributed by atoms with van der Waals surface area (Å²) >= 11 is 0. The van der Waals surface area contributed by atoms with Gasteiger partial charge in [-0.3, -0.25) is 4.79 Å². The van der Waals surface area contributed by atoms with Crippen molar-refractivity contribution in [2.24, 2.45) is 5.92 Å². The van der Waals surface area contributed by atoms with Crippen LogP contribution in [0.15, 0.2) is 36.0 Å². The predicted molar refractivity (Wildman–Crippen MR) is 82.2 cm³/mol. The van der Waals surface area contributed by atoms with Gasteiger partial charge in [-0.15, -0.1) is 0 Å². The molecule has 0 aromatic heterocycles. The number of carbonyl (C=O) groups is 2. The summed E-state index contributed by atoms with van der Waals surface area (Å²) in [6.07, 6.45) is -1.29. The minimum atomic E-state index is -0.935. The SMILES string of the molecule is C=C1C(=O)O[C@H]2/C=C(/C)[C@H](OC(C)=O)C[C@H](O)C(=C)C[C@H](O)[C@H]12. The van der Waals surface area contributed by atoms with Gasteiger partial charge in [0.2, 0.25) is 0 Å². The quantitative estimate of drug-likeness (QED) is 0.425. The maximum Gasteiger partial charge on any atom is 0.334 e. The van der Waals surface area contributed by atoms with Gasteiger partial charge in [0.15, 0.2) is 0 Å². The highest BCUT2D eigenvalue weighted by atomic mass is 16.6. The first-order valence-electron chi connectivity index (χ1n) is 7.49. The van der Waals surface area contributed by atoms with Crippen LogP contribution in [0.5, 0.6) is 0 Å². The monoisotopic (exact) mass is 322 g/mol. The van der Waals surface area contributed by atoms with Crippen molar-refractivity contribution in [1.82, 2.24) is 0 Å². The molecule has 0 amide bonds. The average Bonchev–Trinajstić information content (AvgIpc) is 2.71. The fourth-order valence-electron chi connectivity index (χ4n) is 2.99. The van der Waals surface area contributed by atoms with E-state index in [0.717, 1.165) is 0 Å². The van der Waals surface area contributed by atoms with Crippen molar-refractivity contribution in [3.8, 4) is 0 Å². The van der Waals surface area contributed by atoms with Crippen LogP contribution in [0.4, 0.5) is 0 Å². The maximum absolute atomic E-state index is 11.8. The van der Waals surface area contributed by atoms with Crippen molar-refractivity contribution >= 4 is 11.9 Å². The summed E-state index contributed by atoms with van der Waals surface area (Å²) in [5, 5.41) is 20.6. The molecule has 2 aliphatic rings. The van der Waals surface area contributed by atoms with Crippen LogP contribution in [0.1, 0.15) is 26.7 Å². The molecule has 126 valence electrons. The molecule has 0 saturated carbocycles. The molecule has 0 radical (unpaired) electrons. The summed E-state index contributed by atoms with van der Waals surface area (Å²) in [7, 11) is 0. The Morgan fingerprint density at radius 3 is 2.65 bits per heavy atom. The number of aliphatic hydroxyl groups excluding tert-OH is 2. The second-order valence-corrected chi connectivity index (χ2v) is 6.11. The minimum absolute atomic E-state index is 0.109.